The van der Waals surface area contributed by atoms with Crippen LogP contribution in [0.15, 0.2) is 48.0 Å². The third-order valence-electron chi connectivity index (χ3n) is 6.05. The van der Waals surface area contributed by atoms with Gasteiger partial charge in [0.1, 0.15) is 10.7 Å². The van der Waals surface area contributed by atoms with Crippen LogP contribution >= 0.6 is 11.3 Å². The number of anilines is 2. The molecule has 0 saturated carbocycles. The van der Waals surface area contributed by atoms with Crippen LogP contribution in [0.2, 0.25) is 0 Å². The Labute approximate surface area is 189 Å². The van der Waals surface area contributed by atoms with E-state index in [4.69, 9.17) is 4.98 Å². The van der Waals surface area contributed by atoms with Crippen LogP contribution in [0.1, 0.15) is 5.01 Å². The van der Waals surface area contributed by atoms with Crippen molar-refractivity contribution in [3.05, 3.63) is 53.0 Å². The molecule has 8 nitrogen and oxygen atoms in total. The first kappa shape index (κ1) is 19.3. The standard InChI is InChI=1S/C23H24N8S/c1-30-7-9-31(10-8-30)16-3-5-19-20(13-16)27-23(26-19)22-17-12-15(2-4-18(17)28-29-22)25-14-21-24-6-11-32-21/h2-6,11-13,25H,7-10,14H2,1H3,(H,26,27)(H,28,29). The minimum Gasteiger partial charge on any atom is -0.379 e. The molecule has 0 spiro atoms. The summed E-state index contributed by atoms with van der Waals surface area (Å²) in [6.45, 7) is 4.97. The molecule has 5 aromatic rings. The van der Waals surface area contributed by atoms with Gasteiger partial charge >= 0.3 is 0 Å². The van der Waals surface area contributed by atoms with Gasteiger partial charge in [-0.15, -0.1) is 11.3 Å². The maximum atomic E-state index is 4.83. The molecule has 1 aliphatic rings. The Bertz CT molecular complexity index is 1360. The summed E-state index contributed by atoms with van der Waals surface area (Å²) in [5.41, 5.74) is 6.07. The van der Waals surface area contributed by atoms with E-state index in [0.29, 0.717) is 6.54 Å². The summed E-state index contributed by atoms with van der Waals surface area (Å²) in [5.74, 6) is 0.777. The van der Waals surface area contributed by atoms with Crippen molar-refractivity contribution >= 4 is 44.6 Å². The first-order chi connectivity index (χ1) is 15.7. The highest BCUT2D eigenvalue weighted by Crippen LogP contribution is 2.30. The number of nitrogens with zero attached hydrogens (tertiary/aromatic N) is 5. The Morgan fingerprint density at radius 1 is 1.06 bits per heavy atom. The maximum Gasteiger partial charge on any atom is 0.159 e. The molecular formula is C23H24N8S. The van der Waals surface area contributed by atoms with Gasteiger partial charge in [-0.05, 0) is 43.4 Å². The number of likely N-dealkylation sites (N-methyl/N-ethyl adjacent to an activating group) is 1. The number of aromatic nitrogens is 5. The van der Waals surface area contributed by atoms with E-state index in [-0.39, 0.29) is 0 Å². The van der Waals surface area contributed by atoms with Gasteiger partial charge in [-0.3, -0.25) is 5.10 Å². The molecule has 1 aliphatic heterocycles. The summed E-state index contributed by atoms with van der Waals surface area (Å²) in [4.78, 5) is 17.5. The Morgan fingerprint density at radius 2 is 1.97 bits per heavy atom. The van der Waals surface area contributed by atoms with Crippen LogP contribution in [-0.4, -0.2) is 63.3 Å². The molecule has 0 aliphatic carbocycles. The zero-order chi connectivity index (χ0) is 21.5. The third-order valence-corrected chi connectivity index (χ3v) is 6.83. The zero-order valence-corrected chi connectivity index (χ0v) is 18.6. The maximum absolute atomic E-state index is 4.83. The number of thiazole rings is 1. The van der Waals surface area contributed by atoms with Gasteiger partial charge in [0.25, 0.3) is 0 Å². The highest BCUT2D eigenvalue weighted by molar-refractivity contribution is 7.09. The van der Waals surface area contributed by atoms with E-state index >= 15 is 0 Å². The van der Waals surface area contributed by atoms with Crippen molar-refractivity contribution in [3.8, 4) is 11.5 Å². The SMILES string of the molecule is CN1CCN(c2ccc3nc(-c4n[nH]c5ccc(NCc6nccs6)cc45)[nH]c3c2)CC1. The second-order valence-electron chi connectivity index (χ2n) is 8.19. The first-order valence-corrected chi connectivity index (χ1v) is 11.6. The van der Waals surface area contributed by atoms with Gasteiger partial charge in [-0.25, -0.2) is 9.97 Å². The van der Waals surface area contributed by atoms with Crippen molar-refractivity contribution in [1.82, 2.24) is 30.0 Å². The van der Waals surface area contributed by atoms with E-state index < -0.39 is 0 Å². The monoisotopic (exact) mass is 444 g/mol. The Balaban J connectivity index is 1.30. The molecule has 3 aromatic heterocycles. The van der Waals surface area contributed by atoms with Crippen molar-refractivity contribution < 1.29 is 0 Å². The van der Waals surface area contributed by atoms with Gasteiger partial charge in [-0.2, -0.15) is 5.10 Å². The van der Waals surface area contributed by atoms with E-state index in [2.05, 4.69) is 72.7 Å². The smallest absolute Gasteiger partial charge is 0.159 e. The van der Waals surface area contributed by atoms with Crippen molar-refractivity contribution in [1.29, 1.82) is 0 Å². The van der Waals surface area contributed by atoms with Gasteiger partial charge in [0, 0.05) is 54.5 Å². The minimum absolute atomic E-state index is 0.704. The van der Waals surface area contributed by atoms with Crippen LogP contribution in [0.5, 0.6) is 0 Å². The predicted octanol–water partition coefficient (Wildman–Crippen LogP) is 3.93. The van der Waals surface area contributed by atoms with Crippen molar-refractivity contribution in [3.63, 3.8) is 0 Å². The molecule has 6 rings (SSSR count). The average molecular weight is 445 g/mol. The molecular weight excluding hydrogens is 420 g/mol. The molecule has 32 heavy (non-hydrogen) atoms. The van der Waals surface area contributed by atoms with Gasteiger partial charge in [0.05, 0.1) is 23.1 Å². The van der Waals surface area contributed by atoms with Crippen LogP contribution in [0.4, 0.5) is 11.4 Å². The topological polar surface area (TPSA) is 88.8 Å². The number of piperazine rings is 1. The largest absolute Gasteiger partial charge is 0.379 e. The number of benzene rings is 2. The Hall–Kier alpha value is -3.43. The molecule has 0 atom stereocenters. The number of fused-ring (bicyclic) bond motifs is 2. The fourth-order valence-electron chi connectivity index (χ4n) is 4.19. The molecule has 2 aromatic carbocycles. The number of aromatic amines is 2. The van der Waals surface area contributed by atoms with E-state index in [1.807, 2.05) is 17.6 Å². The fourth-order valence-corrected chi connectivity index (χ4v) is 4.75. The van der Waals surface area contributed by atoms with E-state index in [1.165, 1.54) is 5.69 Å². The second-order valence-corrected chi connectivity index (χ2v) is 9.17. The number of hydrogen-bond acceptors (Lipinski definition) is 7. The van der Waals surface area contributed by atoms with Crippen molar-refractivity contribution in [2.24, 2.45) is 0 Å². The molecule has 0 radical (unpaired) electrons. The molecule has 4 heterocycles. The van der Waals surface area contributed by atoms with Gasteiger partial charge in [0.15, 0.2) is 5.82 Å². The fraction of sp³-hybridized carbons (Fsp3) is 0.261. The molecule has 0 unspecified atom stereocenters. The Kier molecular flexibility index (Phi) is 4.77. The molecule has 3 N–H and O–H groups in total. The van der Waals surface area contributed by atoms with Crippen molar-refractivity contribution in [2.75, 3.05) is 43.4 Å². The molecule has 1 saturated heterocycles. The van der Waals surface area contributed by atoms with Crippen LogP contribution in [-0.2, 0) is 6.54 Å². The highest BCUT2D eigenvalue weighted by atomic mass is 32.1. The lowest BCUT2D eigenvalue weighted by atomic mass is 10.2. The van der Waals surface area contributed by atoms with Gasteiger partial charge < -0.3 is 20.1 Å². The van der Waals surface area contributed by atoms with Gasteiger partial charge in [-0.1, -0.05) is 0 Å². The number of nitrogens with one attached hydrogen (secondary N) is 3. The van der Waals surface area contributed by atoms with E-state index in [1.54, 1.807) is 11.3 Å². The lowest BCUT2D eigenvalue weighted by molar-refractivity contribution is 0.313. The third kappa shape index (κ3) is 3.59. The lowest BCUT2D eigenvalue weighted by Gasteiger charge is -2.34. The highest BCUT2D eigenvalue weighted by Gasteiger charge is 2.17. The van der Waals surface area contributed by atoms with Crippen LogP contribution in [0, 0.1) is 0 Å². The zero-order valence-electron chi connectivity index (χ0n) is 17.8. The number of hydrogen-bond donors (Lipinski definition) is 3. The quantitative estimate of drug-likeness (QED) is 0.381. The number of rotatable bonds is 5. The first-order valence-electron chi connectivity index (χ1n) is 10.8. The average Bonchev–Trinajstić information content (AvgIpc) is 3.56. The molecule has 1 fully saturated rings. The van der Waals surface area contributed by atoms with E-state index in [0.717, 1.165) is 70.3 Å². The van der Waals surface area contributed by atoms with Crippen LogP contribution in [0.25, 0.3) is 33.5 Å². The van der Waals surface area contributed by atoms with E-state index in [9.17, 15) is 0 Å². The van der Waals surface area contributed by atoms with Crippen LogP contribution in [0.3, 0.4) is 0 Å². The number of H-pyrrole nitrogens is 2. The normalized spacial score (nSPS) is 15.1. The van der Waals surface area contributed by atoms with Crippen molar-refractivity contribution in [2.45, 2.75) is 6.54 Å². The summed E-state index contributed by atoms with van der Waals surface area (Å²) in [6, 6.07) is 12.7. The summed E-state index contributed by atoms with van der Waals surface area (Å²) in [5, 5.41) is 15.2. The molecule has 0 amide bonds. The van der Waals surface area contributed by atoms with Crippen LogP contribution < -0.4 is 10.2 Å². The number of imidazole rings is 1. The summed E-state index contributed by atoms with van der Waals surface area (Å²) in [6.07, 6.45) is 1.83. The molecule has 9 heteroatoms. The summed E-state index contributed by atoms with van der Waals surface area (Å²) in [7, 11) is 2.18. The summed E-state index contributed by atoms with van der Waals surface area (Å²) >= 11 is 1.65. The minimum atomic E-state index is 0.704. The molecule has 162 valence electrons. The van der Waals surface area contributed by atoms with Gasteiger partial charge in [0.2, 0.25) is 0 Å². The molecule has 0 bridgehead atoms. The predicted molar refractivity (Wildman–Crippen MR) is 130 cm³/mol. The summed E-state index contributed by atoms with van der Waals surface area (Å²) < 4.78 is 0. The Morgan fingerprint density at radius 3 is 2.81 bits per heavy atom. The second kappa shape index (κ2) is 7.92. The lowest BCUT2D eigenvalue weighted by Crippen LogP contribution is -2.44.